The number of thiazole rings is 1. The number of nitrogens with zero attached hydrogens (tertiary/aromatic N) is 1. The summed E-state index contributed by atoms with van der Waals surface area (Å²) in [5.41, 5.74) is 3.86. The van der Waals surface area contributed by atoms with Crippen molar-refractivity contribution in [2.24, 2.45) is 0 Å². The fourth-order valence-corrected chi connectivity index (χ4v) is 3.32. The topological polar surface area (TPSA) is 77.5 Å². The minimum atomic E-state index is -0.566. The third-order valence-corrected chi connectivity index (χ3v) is 5.05. The quantitative estimate of drug-likeness (QED) is 0.583. The molecule has 150 valence electrons. The molecule has 0 saturated heterocycles. The van der Waals surface area contributed by atoms with Crippen LogP contribution in [0, 0.1) is 20.8 Å². The Labute approximate surface area is 173 Å². The van der Waals surface area contributed by atoms with Gasteiger partial charge in [0.25, 0.3) is 5.91 Å². The van der Waals surface area contributed by atoms with E-state index in [1.165, 1.54) is 0 Å². The minimum Gasteiger partial charge on any atom is -0.487 e. The van der Waals surface area contributed by atoms with Crippen LogP contribution in [0.5, 0.6) is 5.75 Å². The highest BCUT2D eigenvalue weighted by Gasteiger charge is 2.12. The maximum Gasteiger partial charge on any atom is 0.338 e. The van der Waals surface area contributed by atoms with Crippen LogP contribution in [0.15, 0.2) is 47.8 Å². The number of hydrogen-bond acceptors (Lipinski definition) is 6. The Bertz CT molecular complexity index is 992. The molecule has 0 aliphatic rings. The van der Waals surface area contributed by atoms with Crippen molar-refractivity contribution in [1.29, 1.82) is 0 Å². The standard InChI is InChI=1S/C22H22N2O4S/c1-14-5-4-6-15(2)21(14)24-20(25)12-28-22(26)17-7-9-19(10-8-17)27-11-18-13-29-16(3)23-18/h4-10,13H,11-12H2,1-3H3,(H,24,25). The number of para-hydroxylation sites is 1. The lowest BCUT2D eigenvalue weighted by molar-refractivity contribution is -0.119. The second kappa shape index (κ2) is 9.34. The molecule has 0 fully saturated rings. The molecule has 0 saturated carbocycles. The van der Waals surface area contributed by atoms with E-state index in [9.17, 15) is 9.59 Å². The molecule has 1 amide bonds. The summed E-state index contributed by atoms with van der Waals surface area (Å²) in [6.45, 7) is 5.78. The van der Waals surface area contributed by atoms with Gasteiger partial charge in [-0.1, -0.05) is 18.2 Å². The first-order valence-electron chi connectivity index (χ1n) is 9.09. The highest BCUT2D eigenvalue weighted by atomic mass is 32.1. The zero-order chi connectivity index (χ0) is 20.8. The normalized spacial score (nSPS) is 10.4. The summed E-state index contributed by atoms with van der Waals surface area (Å²) in [7, 11) is 0. The van der Waals surface area contributed by atoms with Gasteiger partial charge in [0.05, 0.1) is 16.3 Å². The number of benzene rings is 2. The van der Waals surface area contributed by atoms with Crippen LogP contribution in [0.3, 0.4) is 0 Å². The first kappa shape index (κ1) is 20.5. The van der Waals surface area contributed by atoms with Gasteiger partial charge in [0, 0.05) is 11.1 Å². The molecule has 0 radical (unpaired) electrons. The Morgan fingerprint density at radius 2 is 1.72 bits per heavy atom. The summed E-state index contributed by atoms with van der Waals surface area (Å²) in [4.78, 5) is 28.6. The zero-order valence-corrected chi connectivity index (χ0v) is 17.3. The molecule has 3 aromatic rings. The van der Waals surface area contributed by atoms with E-state index in [0.717, 1.165) is 27.5 Å². The fraction of sp³-hybridized carbons (Fsp3) is 0.227. The summed E-state index contributed by atoms with van der Waals surface area (Å²) in [5, 5.41) is 5.73. The Morgan fingerprint density at radius 3 is 2.34 bits per heavy atom. The van der Waals surface area contributed by atoms with Crippen LogP contribution >= 0.6 is 11.3 Å². The largest absolute Gasteiger partial charge is 0.487 e. The molecule has 1 N–H and O–H groups in total. The van der Waals surface area contributed by atoms with Crippen molar-refractivity contribution in [2.45, 2.75) is 27.4 Å². The molecule has 3 rings (SSSR count). The van der Waals surface area contributed by atoms with Crippen molar-refractivity contribution in [2.75, 3.05) is 11.9 Å². The Balaban J connectivity index is 1.49. The number of hydrogen-bond donors (Lipinski definition) is 1. The summed E-state index contributed by atoms with van der Waals surface area (Å²) in [6.07, 6.45) is 0. The number of amides is 1. The van der Waals surface area contributed by atoms with E-state index < -0.39 is 5.97 Å². The van der Waals surface area contributed by atoms with E-state index in [-0.39, 0.29) is 12.5 Å². The Kier molecular flexibility index (Phi) is 6.61. The lowest BCUT2D eigenvalue weighted by Gasteiger charge is -2.11. The lowest BCUT2D eigenvalue weighted by Crippen LogP contribution is -2.21. The van der Waals surface area contributed by atoms with E-state index in [4.69, 9.17) is 9.47 Å². The van der Waals surface area contributed by atoms with Crippen LogP contribution in [0.25, 0.3) is 0 Å². The van der Waals surface area contributed by atoms with E-state index in [1.807, 2.05) is 44.4 Å². The third kappa shape index (κ3) is 5.65. The summed E-state index contributed by atoms with van der Waals surface area (Å²) < 4.78 is 10.8. The van der Waals surface area contributed by atoms with Crippen LogP contribution < -0.4 is 10.1 Å². The number of ether oxygens (including phenoxy) is 2. The zero-order valence-electron chi connectivity index (χ0n) is 16.5. The van der Waals surface area contributed by atoms with Gasteiger partial charge in [-0.05, 0) is 56.2 Å². The molecule has 2 aromatic carbocycles. The number of carbonyl (C=O) groups is 2. The molecule has 0 unspecified atom stereocenters. The van der Waals surface area contributed by atoms with Crippen molar-refractivity contribution in [3.63, 3.8) is 0 Å². The first-order chi connectivity index (χ1) is 13.9. The molecule has 0 bridgehead atoms. The minimum absolute atomic E-state index is 0.349. The molecule has 0 aliphatic carbocycles. The van der Waals surface area contributed by atoms with Gasteiger partial charge in [-0.15, -0.1) is 11.3 Å². The average Bonchev–Trinajstić information content (AvgIpc) is 3.13. The summed E-state index contributed by atoms with van der Waals surface area (Å²) >= 11 is 1.57. The van der Waals surface area contributed by atoms with E-state index in [1.54, 1.807) is 35.6 Å². The molecule has 0 spiro atoms. The van der Waals surface area contributed by atoms with Gasteiger partial charge in [-0.2, -0.15) is 0 Å². The van der Waals surface area contributed by atoms with Crippen LogP contribution in [0.4, 0.5) is 5.69 Å². The van der Waals surface area contributed by atoms with Crippen molar-refractivity contribution < 1.29 is 19.1 Å². The van der Waals surface area contributed by atoms with Gasteiger partial charge >= 0.3 is 5.97 Å². The van der Waals surface area contributed by atoms with Crippen LogP contribution in [-0.4, -0.2) is 23.5 Å². The smallest absolute Gasteiger partial charge is 0.338 e. The van der Waals surface area contributed by atoms with E-state index in [0.29, 0.717) is 17.9 Å². The molecule has 1 heterocycles. The van der Waals surface area contributed by atoms with Crippen molar-refractivity contribution in [3.05, 3.63) is 75.2 Å². The highest BCUT2D eigenvalue weighted by Crippen LogP contribution is 2.19. The second-order valence-corrected chi connectivity index (χ2v) is 7.62. The number of aromatic nitrogens is 1. The molecule has 29 heavy (non-hydrogen) atoms. The van der Waals surface area contributed by atoms with E-state index in [2.05, 4.69) is 10.3 Å². The molecule has 1 aromatic heterocycles. The first-order valence-corrected chi connectivity index (χ1v) is 9.97. The van der Waals surface area contributed by atoms with Gasteiger partial charge in [-0.25, -0.2) is 9.78 Å². The predicted molar refractivity (Wildman–Crippen MR) is 112 cm³/mol. The number of nitrogens with one attached hydrogen (secondary N) is 1. The van der Waals surface area contributed by atoms with Crippen LogP contribution in [0.1, 0.15) is 32.2 Å². The van der Waals surface area contributed by atoms with Gasteiger partial charge in [0.2, 0.25) is 0 Å². The van der Waals surface area contributed by atoms with Gasteiger partial charge in [0.15, 0.2) is 6.61 Å². The highest BCUT2D eigenvalue weighted by molar-refractivity contribution is 7.09. The number of anilines is 1. The molecule has 7 heteroatoms. The van der Waals surface area contributed by atoms with Crippen LogP contribution in [0.2, 0.25) is 0 Å². The van der Waals surface area contributed by atoms with Gasteiger partial charge < -0.3 is 14.8 Å². The predicted octanol–water partition coefficient (Wildman–Crippen LogP) is 4.44. The SMILES string of the molecule is Cc1nc(COc2ccc(C(=O)OCC(=O)Nc3c(C)cccc3C)cc2)cs1. The number of esters is 1. The van der Waals surface area contributed by atoms with Gasteiger partial charge in [-0.3, -0.25) is 4.79 Å². The molecular formula is C22H22N2O4S. The van der Waals surface area contributed by atoms with Crippen molar-refractivity contribution in [1.82, 2.24) is 4.98 Å². The van der Waals surface area contributed by atoms with Crippen LogP contribution in [-0.2, 0) is 16.1 Å². The average molecular weight is 410 g/mol. The molecular weight excluding hydrogens is 388 g/mol. The number of aryl methyl sites for hydroxylation is 3. The van der Waals surface area contributed by atoms with Gasteiger partial charge in [0.1, 0.15) is 12.4 Å². The Morgan fingerprint density at radius 1 is 1.03 bits per heavy atom. The maximum absolute atomic E-state index is 12.2. The summed E-state index contributed by atoms with van der Waals surface area (Å²) in [6, 6.07) is 12.3. The Hall–Kier alpha value is -3.19. The second-order valence-electron chi connectivity index (χ2n) is 6.56. The third-order valence-electron chi connectivity index (χ3n) is 4.22. The number of carbonyl (C=O) groups excluding carboxylic acids is 2. The lowest BCUT2D eigenvalue weighted by atomic mass is 10.1. The molecule has 0 atom stereocenters. The summed E-state index contributed by atoms with van der Waals surface area (Å²) in [5.74, 6) is -0.322. The monoisotopic (exact) mass is 410 g/mol. The van der Waals surface area contributed by atoms with E-state index >= 15 is 0 Å². The molecule has 0 aliphatic heterocycles. The maximum atomic E-state index is 12.2. The fourth-order valence-electron chi connectivity index (χ4n) is 2.72. The molecule has 6 nitrogen and oxygen atoms in total. The number of rotatable bonds is 7. The van der Waals surface area contributed by atoms with Crippen molar-refractivity contribution in [3.8, 4) is 5.75 Å². The van der Waals surface area contributed by atoms with Crippen molar-refractivity contribution >= 4 is 28.9 Å².